The van der Waals surface area contributed by atoms with Crippen molar-refractivity contribution in [1.82, 2.24) is 24.5 Å². The monoisotopic (exact) mass is 565 g/mol. The summed E-state index contributed by atoms with van der Waals surface area (Å²) in [6, 6.07) is 10.6. The Kier molecular flexibility index (Phi) is 7.62. The zero-order valence-electron chi connectivity index (χ0n) is 21.8. The Balaban J connectivity index is 1.11. The number of aromatic carboxylic acids is 1. The third-order valence-electron chi connectivity index (χ3n) is 7.65. The molecule has 0 bridgehead atoms. The summed E-state index contributed by atoms with van der Waals surface area (Å²) in [6.07, 6.45) is 6.61. The van der Waals surface area contributed by atoms with Gasteiger partial charge in [-0.15, -0.1) is 0 Å². The molecule has 1 aliphatic heterocycles. The van der Waals surface area contributed by atoms with Gasteiger partial charge in [-0.05, 0) is 67.9 Å². The quantitative estimate of drug-likeness (QED) is 0.292. The van der Waals surface area contributed by atoms with Gasteiger partial charge in [0.2, 0.25) is 5.82 Å². The molecule has 4 heterocycles. The van der Waals surface area contributed by atoms with Crippen molar-refractivity contribution in [3.8, 4) is 5.88 Å². The van der Waals surface area contributed by atoms with Gasteiger partial charge in [-0.1, -0.05) is 23.7 Å². The van der Waals surface area contributed by atoms with E-state index in [-0.39, 0.29) is 23.8 Å². The van der Waals surface area contributed by atoms with Crippen LogP contribution < -0.4 is 4.74 Å². The topological polar surface area (TPSA) is 112 Å². The highest BCUT2D eigenvalue weighted by atomic mass is 35.5. The van der Waals surface area contributed by atoms with Crippen LogP contribution in [-0.4, -0.2) is 54.4 Å². The van der Waals surface area contributed by atoms with Gasteiger partial charge in [0.25, 0.3) is 5.88 Å². The molecule has 40 heavy (non-hydrogen) atoms. The maximum atomic E-state index is 14.5. The van der Waals surface area contributed by atoms with Crippen LogP contribution in [0.5, 0.6) is 5.88 Å². The van der Waals surface area contributed by atoms with Crippen molar-refractivity contribution in [3.63, 3.8) is 0 Å². The Morgan fingerprint density at radius 3 is 2.55 bits per heavy atom. The van der Waals surface area contributed by atoms with Crippen LogP contribution in [-0.2, 0) is 24.1 Å². The minimum Gasteiger partial charge on any atom is -0.477 e. The maximum absolute atomic E-state index is 14.5. The molecule has 4 aromatic rings. The van der Waals surface area contributed by atoms with E-state index in [2.05, 4.69) is 15.0 Å². The lowest BCUT2D eigenvalue weighted by molar-refractivity contribution is -0.0591. The van der Waals surface area contributed by atoms with Gasteiger partial charge in [0.15, 0.2) is 11.3 Å². The number of halogens is 2. The minimum atomic E-state index is -1.06. The van der Waals surface area contributed by atoms with Crippen LogP contribution in [0, 0.1) is 11.7 Å². The molecule has 1 saturated carbocycles. The Hall–Kier alpha value is -3.63. The van der Waals surface area contributed by atoms with Gasteiger partial charge in [0.1, 0.15) is 23.3 Å². The first-order valence-electron chi connectivity index (χ1n) is 13.5. The molecule has 1 N–H and O–H groups in total. The van der Waals surface area contributed by atoms with Gasteiger partial charge in [-0.2, -0.15) is 9.37 Å². The zero-order chi connectivity index (χ0) is 27.6. The number of carboxylic acids is 1. The van der Waals surface area contributed by atoms with Gasteiger partial charge >= 0.3 is 5.97 Å². The van der Waals surface area contributed by atoms with Crippen molar-refractivity contribution in [2.24, 2.45) is 5.92 Å². The van der Waals surface area contributed by atoms with Crippen molar-refractivity contribution < 1.29 is 23.8 Å². The van der Waals surface area contributed by atoms with E-state index < -0.39 is 11.8 Å². The number of pyridine rings is 1. The zero-order valence-corrected chi connectivity index (χ0v) is 22.6. The van der Waals surface area contributed by atoms with Crippen molar-refractivity contribution >= 4 is 28.7 Å². The minimum absolute atomic E-state index is 0.000613. The second-order valence-corrected chi connectivity index (χ2v) is 10.9. The van der Waals surface area contributed by atoms with Crippen molar-refractivity contribution in [3.05, 3.63) is 76.3 Å². The van der Waals surface area contributed by atoms with Crippen LogP contribution >= 0.6 is 11.6 Å². The first kappa shape index (κ1) is 26.6. The van der Waals surface area contributed by atoms with E-state index >= 15 is 0 Å². The van der Waals surface area contributed by atoms with Crippen LogP contribution in [0.1, 0.15) is 59.8 Å². The smallest absolute Gasteiger partial charge is 0.354 e. The molecule has 1 aromatic carbocycles. The van der Waals surface area contributed by atoms with Gasteiger partial charge in [0.05, 0.1) is 18.8 Å². The van der Waals surface area contributed by atoms with E-state index in [1.54, 1.807) is 18.2 Å². The van der Waals surface area contributed by atoms with E-state index in [1.165, 1.54) is 12.3 Å². The van der Waals surface area contributed by atoms with Gasteiger partial charge in [0, 0.05) is 24.5 Å². The average Bonchev–Trinajstić information content (AvgIpc) is 3.26. The number of rotatable bonds is 9. The lowest BCUT2D eigenvalue weighted by Gasteiger charge is -2.30. The maximum Gasteiger partial charge on any atom is 0.354 e. The molecular formula is C29H29ClFN5O4. The molecule has 3 aromatic heterocycles. The number of hydrogen-bond acceptors (Lipinski definition) is 7. The summed E-state index contributed by atoms with van der Waals surface area (Å²) in [6.45, 7) is 1.34. The summed E-state index contributed by atoms with van der Waals surface area (Å²) in [7, 11) is 0. The largest absolute Gasteiger partial charge is 0.477 e. The summed E-state index contributed by atoms with van der Waals surface area (Å²) >= 11 is 5.96. The molecule has 0 unspecified atom stereocenters. The van der Waals surface area contributed by atoms with E-state index in [9.17, 15) is 14.3 Å². The van der Waals surface area contributed by atoms with Crippen molar-refractivity contribution in [1.29, 1.82) is 0 Å². The van der Waals surface area contributed by atoms with Crippen LogP contribution in [0.3, 0.4) is 0 Å². The molecule has 11 heteroatoms. The number of hydrogen-bond donors (Lipinski definition) is 1. The Labute approximate surface area is 235 Å². The molecule has 9 nitrogen and oxygen atoms in total. The second kappa shape index (κ2) is 11.5. The first-order chi connectivity index (χ1) is 19.4. The fourth-order valence-electron chi connectivity index (χ4n) is 5.36. The Morgan fingerprint density at radius 2 is 1.85 bits per heavy atom. The standard InChI is InChI=1S/C29H29ClFN5O4/c30-19-5-1-17(2-6-19)13-25-32-15-22(31)28(35-25)40-20-7-3-18(4-8-20)14-26-33-23-9-10-24(29(37)38)34-27(23)36(26)16-21-11-12-39-21/h1-2,5-6,9-10,15,18,20-21H,3-4,7-8,11-14,16H2,(H,37,38)/t18-,20-,21-/m0/s1. The summed E-state index contributed by atoms with van der Waals surface area (Å²) in [5, 5.41) is 10.1. The predicted molar refractivity (Wildman–Crippen MR) is 145 cm³/mol. The summed E-state index contributed by atoms with van der Waals surface area (Å²) < 4.78 is 28.2. The highest BCUT2D eigenvalue weighted by Crippen LogP contribution is 2.31. The molecule has 0 amide bonds. The number of fused-ring (bicyclic) bond motifs is 1. The SMILES string of the molecule is O=C(O)c1ccc2nc(C[C@H]3CC[C@H](Oc4nc(Cc5ccc(Cl)cc5)ncc4F)CC3)n(C[C@@H]3CCO3)c2n1. The molecular weight excluding hydrogens is 537 g/mol. The van der Waals surface area contributed by atoms with Crippen molar-refractivity contribution in [2.75, 3.05) is 6.61 Å². The fourth-order valence-corrected chi connectivity index (χ4v) is 5.48. The Bertz CT molecular complexity index is 1520. The summed E-state index contributed by atoms with van der Waals surface area (Å²) in [5.41, 5.74) is 2.24. The third-order valence-corrected chi connectivity index (χ3v) is 7.90. The molecule has 1 atom stereocenters. The van der Waals surface area contributed by atoms with Crippen molar-refractivity contribution in [2.45, 2.75) is 63.7 Å². The average molecular weight is 566 g/mol. The number of imidazole rings is 1. The van der Waals surface area contributed by atoms with E-state index in [1.807, 2.05) is 16.7 Å². The molecule has 0 spiro atoms. The molecule has 1 aliphatic carbocycles. The van der Waals surface area contributed by atoms with Crippen LogP contribution in [0.4, 0.5) is 4.39 Å². The molecule has 6 rings (SSSR count). The Morgan fingerprint density at radius 1 is 1.07 bits per heavy atom. The highest BCUT2D eigenvalue weighted by molar-refractivity contribution is 6.30. The lowest BCUT2D eigenvalue weighted by atomic mass is 9.85. The van der Waals surface area contributed by atoms with E-state index in [4.69, 9.17) is 26.1 Å². The third kappa shape index (κ3) is 5.93. The molecule has 1 saturated heterocycles. The number of ether oxygens (including phenoxy) is 2. The lowest BCUT2D eigenvalue weighted by Crippen LogP contribution is -2.32. The van der Waals surface area contributed by atoms with Crippen LogP contribution in [0.15, 0.2) is 42.6 Å². The van der Waals surface area contributed by atoms with Gasteiger partial charge < -0.3 is 19.1 Å². The van der Waals surface area contributed by atoms with E-state index in [0.29, 0.717) is 40.9 Å². The molecule has 2 fully saturated rings. The highest BCUT2D eigenvalue weighted by Gasteiger charge is 2.28. The van der Waals surface area contributed by atoms with E-state index in [0.717, 1.165) is 56.5 Å². The fraction of sp³-hybridized carbons (Fsp3) is 0.414. The molecule has 208 valence electrons. The van der Waals surface area contributed by atoms with Crippen LogP contribution in [0.25, 0.3) is 11.2 Å². The summed E-state index contributed by atoms with van der Waals surface area (Å²) in [4.78, 5) is 29.2. The number of benzene rings is 1. The first-order valence-corrected chi connectivity index (χ1v) is 13.9. The molecule has 0 radical (unpaired) electrons. The number of carboxylic acid groups (broad SMARTS) is 1. The normalized spacial score (nSPS) is 20.8. The van der Waals surface area contributed by atoms with Gasteiger partial charge in [-0.25, -0.2) is 19.7 Å². The molecule has 2 aliphatic rings. The van der Waals surface area contributed by atoms with Crippen LogP contribution in [0.2, 0.25) is 5.02 Å². The van der Waals surface area contributed by atoms with Gasteiger partial charge in [-0.3, -0.25) is 0 Å². The predicted octanol–water partition coefficient (Wildman–Crippen LogP) is 5.27. The second-order valence-electron chi connectivity index (χ2n) is 10.5. The number of aromatic nitrogens is 5. The number of nitrogens with zero attached hydrogens (tertiary/aromatic N) is 5. The summed E-state index contributed by atoms with van der Waals surface area (Å²) in [5.74, 6) is 0.103. The number of carbonyl (C=O) groups is 1.